The first-order valence-corrected chi connectivity index (χ1v) is 25.3. The van der Waals surface area contributed by atoms with Gasteiger partial charge in [0.1, 0.15) is 0 Å². The van der Waals surface area contributed by atoms with Crippen molar-refractivity contribution in [1.29, 1.82) is 0 Å². The summed E-state index contributed by atoms with van der Waals surface area (Å²) in [4.78, 5) is 10.7. The highest BCUT2D eigenvalue weighted by Gasteiger charge is 2.56. The maximum atomic E-state index is 2.81. The number of hydrogen-bond acceptors (Lipinski definition) is 4. The van der Waals surface area contributed by atoms with Crippen LogP contribution in [0.25, 0.3) is 0 Å². The molecule has 2 aliphatic carbocycles. The van der Waals surface area contributed by atoms with Gasteiger partial charge in [-0.2, -0.15) is 0 Å². The van der Waals surface area contributed by atoms with E-state index in [1.165, 1.54) is 75.6 Å². The Balaban J connectivity index is 0.000000181. The van der Waals surface area contributed by atoms with E-state index in [0.717, 1.165) is 35.9 Å². The van der Waals surface area contributed by atoms with Gasteiger partial charge in [-0.3, -0.25) is 14.7 Å². The van der Waals surface area contributed by atoms with Crippen LogP contribution < -0.4 is 0 Å². The van der Waals surface area contributed by atoms with Gasteiger partial charge in [-0.25, -0.2) is 0 Å². The quantitative estimate of drug-likeness (QED) is 0.279. The summed E-state index contributed by atoms with van der Waals surface area (Å²) in [5.41, 5.74) is 6.16. The molecule has 0 bridgehead atoms. The number of nitrogens with zero attached hydrogens (tertiary/aromatic N) is 4. The topological polar surface area (TPSA) is 13.0 Å². The van der Waals surface area contributed by atoms with Gasteiger partial charge in [-0.05, 0) is 171 Å². The van der Waals surface area contributed by atoms with E-state index < -0.39 is 0 Å². The highest BCUT2D eigenvalue weighted by molar-refractivity contribution is 5.36. The normalized spacial score (nSPS) is 28.5. The van der Waals surface area contributed by atoms with Crippen molar-refractivity contribution >= 4 is 0 Å². The summed E-state index contributed by atoms with van der Waals surface area (Å²) < 4.78 is 0. The highest BCUT2D eigenvalue weighted by atomic mass is 15.3. The van der Waals surface area contributed by atoms with E-state index in [0.29, 0.717) is 45.4 Å². The predicted molar refractivity (Wildman–Crippen MR) is 269 cm³/mol. The van der Waals surface area contributed by atoms with Crippen molar-refractivity contribution in [2.75, 3.05) is 13.1 Å². The first-order valence-electron chi connectivity index (χ1n) is 25.3. The Bertz CT molecular complexity index is 1540. The standard InChI is InChI=1S/C16H31N.C16H25N.C14H27N.C11H21N/c2*1-15(2,3)14-13-10-8-7-9-12(13)11-17(14)16(4,5)6;1-12(2,3)11-9-14(7-8-14)10-15(11)13(4,5)6;1-9(2)12-8-6-7-10(12)11(3,4)5/h12-14H,7-11H2,1-6H3;7-10,14H,11H2,1-6H3;11H,7-10H2,1-6H3;6,8-10H,7H2,1-5H3. The molecule has 1 aromatic carbocycles. The second-order valence-electron chi connectivity index (χ2n) is 28.5. The Kier molecular flexibility index (Phi) is 15.8. The Hall–Kier alpha value is -1.36. The first-order chi connectivity index (χ1) is 27.5. The third-order valence-electron chi connectivity index (χ3n) is 15.5. The molecule has 4 heterocycles. The van der Waals surface area contributed by atoms with Crippen molar-refractivity contribution in [3.8, 4) is 0 Å². The molecular formula is C57H104N4. The zero-order chi connectivity index (χ0) is 46.5. The van der Waals surface area contributed by atoms with Crippen molar-refractivity contribution < 1.29 is 0 Å². The van der Waals surface area contributed by atoms with Crippen molar-refractivity contribution in [2.24, 2.45) is 38.9 Å². The smallest absolute Gasteiger partial charge is 0.0408 e. The van der Waals surface area contributed by atoms with Gasteiger partial charge in [-0.15, -0.1) is 0 Å². The van der Waals surface area contributed by atoms with Crippen LogP contribution in [0.2, 0.25) is 0 Å². The van der Waals surface area contributed by atoms with Crippen molar-refractivity contribution in [3.05, 3.63) is 47.7 Å². The van der Waals surface area contributed by atoms with Gasteiger partial charge in [-0.1, -0.05) is 126 Å². The monoisotopic (exact) mass is 845 g/mol. The molecule has 61 heavy (non-hydrogen) atoms. The summed E-state index contributed by atoms with van der Waals surface area (Å²) in [5.74, 6) is 1.94. The molecule has 2 saturated heterocycles. The molecule has 6 atom stereocenters. The number of fused-ring (bicyclic) bond motifs is 2. The molecule has 0 radical (unpaired) electrons. The minimum Gasteiger partial charge on any atom is -0.372 e. The van der Waals surface area contributed by atoms with Crippen LogP contribution >= 0.6 is 0 Å². The molecule has 2 saturated carbocycles. The average molecular weight is 845 g/mol. The third-order valence-corrected chi connectivity index (χ3v) is 15.5. The number of rotatable bonds is 1. The van der Waals surface area contributed by atoms with E-state index in [-0.39, 0.29) is 11.0 Å². The lowest BCUT2D eigenvalue weighted by molar-refractivity contribution is 0.0308. The lowest BCUT2D eigenvalue weighted by atomic mass is 9.71. The number of likely N-dealkylation sites (tertiary alicyclic amines) is 2. The Morgan fingerprint density at radius 1 is 0.590 bits per heavy atom. The predicted octanol–water partition coefficient (Wildman–Crippen LogP) is 15.4. The molecule has 0 N–H and O–H groups in total. The Labute approximate surface area is 381 Å². The van der Waals surface area contributed by atoms with Crippen molar-refractivity contribution in [2.45, 2.75) is 264 Å². The Morgan fingerprint density at radius 3 is 1.54 bits per heavy atom. The van der Waals surface area contributed by atoms with Gasteiger partial charge in [0.05, 0.1) is 0 Å². The molecule has 352 valence electrons. The minimum atomic E-state index is 0.219. The minimum absolute atomic E-state index is 0.219. The molecule has 7 rings (SSSR count). The van der Waals surface area contributed by atoms with Crippen LogP contribution in [-0.4, -0.2) is 73.5 Å². The number of hydrogen-bond donors (Lipinski definition) is 0. The zero-order valence-corrected chi connectivity index (χ0v) is 45.1. The van der Waals surface area contributed by atoms with Gasteiger partial charge < -0.3 is 4.90 Å². The van der Waals surface area contributed by atoms with Gasteiger partial charge >= 0.3 is 0 Å². The van der Waals surface area contributed by atoms with Crippen LogP contribution in [0.5, 0.6) is 0 Å². The van der Waals surface area contributed by atoms with Crippen LogP contribution in [0.4, 0.5) is 0 Å². The van der Waals surface area contributed by atoms with Crippen LogP contribution in [0, 0.1) is 38.9 Å². The molecule has 1 spiro atoms. The molecule has 6 aliphatic rings. The lowest BCUT2D eigenvalue weighted by Gasteiger charge is -2.45. The summed E-state index contributed by atoms with van der Waals surface area (Å²) in [7, 11) is 0. The van der Waals surface area contributed by atoms with Crippen LogP contribution in [0.1, 0.15) is 228 Å². The molecule has 4 heteroatoms. The van der Waals surface area contributed by atoms with Crippen molar-refractivity contribution in [3.63, 3.8) is 0 Å². The van der Waals surface area contributed by atoms with Gasteiger partial charge in [0.25, 0.3) is 0 Å². The Morgan fingerprint density at radius 2 is 1.11 bits per heavy atom. The fourth-order valence-corrected chi connectivity index (χ4v) is 12.2. The largest absolute Gasteiger partial charge is 0.372 e. The average Bonchev–Trinajstić information content (AvgIpc) is 3.55. The molecule has 0 aromatic heterocycles. The maximum Gasteiger partial charge on any atom is 0.0408 e. The SMILES string of the molecule is CC(C)(C)C1C2CCCCC2CN1C(C)(C)C.CC(C)(C)C1CC2(CC2)CN1C(C)(C)C.CC(C)(C)C1c2ccccc2CN1C(C)(C)C.CC(C)N1C=CCC1C(C)(C)C. The van der Waals surface area contributed by atoms with Crippen LogP contribution in [-0.2, 0) is 6.54 Å². The summed E-state index contributed by atoms with van der Waals surface area (Å²) in [5, 5.41) is 0. The second kappa shape index (κ2) is 18.5. The van der Waals surface area contributed by atoms with E-state index in [1.807, 2.05) is 0 Å². The summed E-state index contributed by atoms with van der Waals surface area (Å²) >= 11 is 0. The summed E-state index contributed by atoms with van der Waals surface area (Å²) in [6.45, 7) is 58.0. The maximum absolute atomic E-state index is 2.81. The summed E-state index contributed by atoms with van der Waals surface area (Å²) in [6, 6.07) is 12.3. The molecule has 4 nitrogen and oxygen atoms in total. The van der Waals surface area contributed by atoms with Gasteiger partial charge in [0.15, 0.2) is 0 Å². The fraction of sp³-hybridized carbons (Fsp3) is 0.860. The van der Waals surface area contributed by atoms with Crippen molar-refractivity contribution in [1.82, 2.24) is 19.6 Å². The molecule has 6 unspecified atom stereocenters. The van der Waals surface area contributed by atoms with Gasteiger partial charge in [0.2, 0.25) is 0 Å². The lowest BCUT2D eigenvalue weighted by Crippen LogP contribution is -2.51. The van der Waals surface area contributed by atoms with Gasteiger partial charge in [0, 0.05) is 66.5 Å². The van der Waals surface area contributed by atoms with E-state index in [4.69, 9.17) is 0 Å². The molecule has 4 aliphatic heterocycles. The fourth-order valence-electron chi connectivity index (χ4n) is 12.2. The molecular weight excluding hydrogens is 741 g/mol. The summed E-state index contributed by atoms with van der Waals surface area (Å²) in [6.07, 6.45) is 16.0. The zero-order valence-electron chi connectivity index (χ0n) is 45.1. The highest BCUT2D eigenvalue weighted by Crippen LogP contribution is 2.58. The van der Waals surface area contributed by atoms with Crippen LogP contribution in [0.3, 0.4) is 0 Å². The third kappa shape index (κ3) is 13.1. The first kappa shape index (κ1) is 52.3. The number of benzene rings is 1. The van der Waals surface area contributed by atoms with E-state index in [9.17, 15) is 0 Å². The second-order valence-corrected chi connectivity index (χ2v) is 28.5. The van der Waals surface area contributed by atoms with Crippen LogP contribution in [0.15, 0.2) is 36.5 Å². The molecule has 0 amide bonds. The molecule has 1 aromatic rings. The molecule has 4 fully saturated rings. The van der Waals surface area contributed by atoms with E-state index >= 15 is 0 Å². The van der Waals surface area contributed by atoms with E-state index in [1.54, 1.807) is 0 Å². The van der Waals surface area contributed by atoms with E-state index in [2.05, 4.69) is 215 Å².